The van der Waals surface area contributed by atoms with E-state index in [1.165, 1.54) is 38.5 Å². The third-order valence-electron chi connectivity index (χ3n) is 12.0. The molecule has 4 aliphatic carbocycles. The fourth-order valence-electron chi connectivity index (χ4n) is 9.43. The Balaban J connectivity index is 1.64. The van der Waals surface area contributed by atoms with E-state index in [9.17, 15) is 15.3 Å². The molecule has 3 nitrogen and oxygen atoms in total. The number of fused-ring (bicyclic) bond motifs is 4. The van der Waals surface area contributed by atoms with Crippen molar-refractivity contribution in [3.8, 4) is 0 Å². The quantitative estimate of drug-likeness (QED) is 0.416. The smallest absolute Gasteiger partial charge is 0.0639 e. The van der Waals surface area contributed by atoms with Crippen molar-refractivity contribution in [1.82, 2.24) is 0 Å². The van der Waals surface area contributed by atoms with Gasteiger partial charge in [-0.1, -0.05) is 64.3 Å². The van der Waals surface area contributed by atoms with Gasteiger partial charge in [-0.2, -0.15) is 0 Å². The summed E-state index contributed by atoms with van der Waals surface area (Å²) >= 11 is 0. The number of allylic oxidation sites excluding steroid dienone is 2. The fraction of sp³-hybridized carbons (Fsp3) is 0.867. The van der Waals surface area contributed by atoms with Crippen LogP contribution in [0.3, 0.4) is 0 Å². The molecule has 2 fully saturated rings. The molecule has 0 heterocycles. The SMILES string of the molecule is C/C(=C\C[C@H](O)[C@@H](C)[C@H]1CC[C@@]2(C)C3=C(CC[C@]12C)[C@@]1(C)CC[C@@H](O)C(C)(C)[C@@H]1CC3)CO. The van der Waals surface area contributed by atoms with Crippen molar-refractivity contribution in [2.75, 3.05) is 6.61 Å². The number of aliphatic hydroxyl groups is 3. The van der Waals surface area contributed by atoms with Crippen LogP contribution < -0.4 is 0 Å². The van der Waals surface area contributed by atoms with Crippen LogP contribution in [0, 0.1) is 39.4 Å². The molecule has 0 unspecified atom stereocenters. The average Bonchev–Trinajstić information content (AvgIpc) is 3.05. The van der Waals surface area contributed by atoms with Gasteiger partial charge in [0, 0.05) is 0 Å². The maximum atomic E-state index is 11.1. The standard InChI is InChI=1S/C30H50O3/c1-19(18-31)8-10-24(32)20(2)21-12-16-30(7)23-9-11-25-27(3,4)26(33)14-15-28(25,5)22(23)13-17-29(21,30)6/h8,20-21,24-26,31-33H,9-18H2,1-7H3/b19-8+/t20-,21+,24-,25-,26+,28+,29+,30-/m0/s1. The van der Waals surface area contributed by atoms with Crippen LogP contribution in [0.2, 0.25) is 0 Å². The lowest BCUT2D eigenvalue weighted by Crippen LogP contribution is -2.55. The third-order valence-corrected chi connectivity index (χ3v) is 12.0. The summed E-state index contributed by atoms with van der Waals surface area (Å²) in [7, 11) is 0. The van der Waals surface area contributed by atoms with Gasteiger partial charge in [0.15, 0.2) is 0 Å². The van der Waals surface area contributed by atoms with E-state index in [0.717, 1.165) is 18.4 Å². The summed E-state index contributed by atoms with van der Waals surface area (Å²) in [6.07, 6.45) is 11.5. The highest BCUT2D eigenvalue weighted by atomic mass is 16.3. The van der Waals surface area contributed by atoms with Crippen LogP contribution in [-0.2, 0) is 0 Å². The van der Waals surface area contributed by atoms with Gasteiger partial charge in [-0.05, 0) is 104 Å². The summed E-state index contributed by atoms with van der Waals surface area (Å²) in [5.41, 5.74) is 5.15. The topological polar surface area (TPSA) is 60.7 Å². The zero-order valence-electron chi connectivity index (χ0n) is 22.4. The first-order valence-electron chi connectivity index (χ1n) is 13.7. The molecule has 0 saturated heterocycles. The van der Waals surface area contributed by atoms with Crippen molar-refractivity contribution < 1.29 is 15.3 Å². The highest BCUT2D eigenvalue weighted by Gasteiger charge is 2.63. The fourth-order valence-corrected chi connectivity index (χ4v) is 9.43. The minimum Gasteiger partial charge on any atom is -0.393 e. The molecule has 0 aromatic heterocycles. The second-order valence-corrected chi connectivity index (χ2v) is 13.6. The third kappa shape index (κ3) is 3.62. The molecule has 2 saturated carbocycles. The van der Waals surface area contributed by atoms with Crippen LogP contribution in [0.5, 0.6) is 0 Å². The van der Waals surface area contributed by atoms with Crippen LogP contribution >= 0.6 is 0 Å². The van der Waals surface area contributed by atoms with Gasteiger partial charge in [-0.15, -0.1) is 0 Å². The molecule has 0 amide bonds. The molecule has 0 bridgehead atoms. The van der Waals surface area contributed by atoms with Crippen molar-refractivity contribution in [2.24, 2.45) is 39.4 Å². The largest absolute Gasteiger partial charge is 0.393 e. The zero-order chi connectivity index (χ0) is 24.4. The maximum absolute atomic E-state index is 11.1. The van der Waals surface area contributed by atoms with Crippen LogP contribution in [-0.4, -0.2) is 34.1 Å². The molecule has 3 N–H and O–H groups in total. The lowest BCUT2D eigenvalue weighted by molar-refractivity contribution is -0.0969. The number of rotatable bonds is 5. The van der Waals surface area contributed by atoms with Gasteiger partial charge in [0.2, 0.25) is 0 Å². The van der Waals surface area contributed by atoms with E-state index in [2.05, 4.69) is 41.5 Å². The molecule has 3 heteroatoms. The summed E-state index contributed by atoms with van der Waals surface area (Å²) in [5.74, 6) is 1.36. The molecule has 0 aromatic carbocycles. The van der Waals surface area contributed by atoms with Gasteiger partial charge < -0.3 is 15.3 Å². The monoisotopic (exact) mass is 458 g/mol. The minimum absolute atomic E-state index is 0.00968. The summed E-state index contributed by atoms with van der Waals surface area (Å²) in [6.45, 7) is 16.5. The van der Waals surface area contributed by atoms with Crippen molar-refractivity contribution >= 4 is 0 Å². The van der Waals surface area contributed by atoms with E-state index in [4.69, 9.17) is 0 Å². The maximum Gasteiger partial charge on any atom is 0.0639 e. The second kappa shape index (κ2) is 8.49. The predicted molar refractivity (Wildman–Crippen MR) is 136 cm³/mol. The van der Waals surface area contributed by atoms with Crippen LogP contribution in [0.15, 0.2) is 22.8 Å². The molecule has 33 heavy (non-hydrogen) atoms. The lowest BCUT2D eigenvalue weighted by atomic mass is 9.43. The number of hydrogen-bond donors (Lipinski definition) is 3. The lowest BCUT2D eigenvalue weighted by Gasteiger charge is -2.62. The molecule has 0 radical (unpaired) electrons. The van der Waals surface area contributed by atoms with E-state index >= 15 is 0 Å². The first kappa shape index (κ1) is 25.5. The van der Waals surface area contributed by atoms with Crippen LogP contribution in [0.1, 0.15) is 106 Å². The van der Waals surface area contributed by atoms with E-state index in [0.29, 0.717) is 18.3 Å². The van der Waals surface area contributed by atoms with Crippen LogP contribution in [0.25, 0.3) is 0 Å². The Bertz CT molecular complexity index is 824. The van der Waals surface area contributed by atoms with E-state index in [1.807, 2.05) is 13.0 Å². The van der Waals surface area contributed by atoms with Crippen molar-refractivity contribution in [1.29, 1.82) is 0 Å². The molecule has 4 rings (SSSR count). The van der Waals surface area contributed by atoms with E-state index in [-0.39, 0.29) is 46.4 Å². The first-order valence-corrected chi connectivity index (χ1v) is 13.7. The summed E-state index contributed by atoms with van der Waals surface area (Å²) in [4.78, 5) is 0. The van der Waals surface area contributed by atoms with Gasteiger partial charge in [-0.25, -0.2) is 0 Å². The highest BCUT2D eigenvalue weighted by Crippen LogP contribution is 2.72. The van der Waals surface area contributed by atoms with Crippen molar-refractivity contribution in [3.05, 3.63) is 22.8 Å². The Morgan fingerprint density at radius 2 is 1.70 bits per heavy atom. The highest BCUT2D eigenvalue weighted by molar-refractivity contribution is 5.38. The molecule has 0 aromatic rings. The van der Waals surface area contributed by atoms with E-state index < -0.39 is 0 Å². The van der Waals surface area contributed by atoms with E-state index in [1.54, 1.807) is 11.1 Å². The Morgan fingerprint density at radius 1 is 1.00 bits per heavy atom. The predicted octanol–water partition coefficient (Wildman–Crippen LogP) is 6.42. The molecule has 188 valence electrons. The minimum atomic E-state index is -0.347. The average molecular weight is 459 g/mol. The second-order valence-electron chi connectivity index (χ2n) is 13.6. The molecular weight excluding hydrogens is 408 g/mol. The van der Waals surface area contributed by atoms with Gasteiger partial charge in [-0.3, -0.25) is 0 Å². The molecule has 0 aliphatic heterocycles. The Kier molecular flexibility index (Phi) is 6.55. The van der Waals surface area contributed by atoms with Gasteiger partial charge >= 0.3 is 0 Å². The van der Waals surface area contributed by atoms with Crippen LogP contribution in [0.4, 0.5) is 0 Å². The van der Waals surface area contributed by atoms with Gasteiger partial charge in [0.1, 0.15) is 0 Å². The van der Waals surface area contributed by atoms with Gasteiger partial charge in [0.05, 0.1) is 18.8 Å². The summed E-state index contributed by atoms with van der Waals surface area (Å²) in [6, 6.07) is 0. The Morgan fingerprint density at radius 3 is 2.36 bits per heavy atom. The summed E-state index contributed by atoms with van der Waals surface area (Å²) < 4.78 is 0. The van der Waals surface area contributed by atoms with Crippen molar-refractivity contribution in [2.45, 2.75) is 118 Å². The zero-order valence-corrected chi connectivity index (χ0v) is 22.4. The number of aliphatic hydroxyl groups excluding tert-OH is 3. The molecule has 4 aliphatic rings. The van der Waals surface area contributed by atoms with Gasteiger partial charge in [0.25, 0.3) is 0 Å². The summed E-state index contributed by atoms with van der Waals surface area (Å²) in [5, 5.41) is 31.2. The van der Waals surface area contributed by atoms with Crippen molar-refractivity contribution in [3.63, 3.8) is 0 Å². The number of hydrogen-bond acceptors (Lipinski definition) is 3. The molecular formula is C30H50O3. The Labute approximate surface area is 202 Å². The molecule has 8 atom stereocenters. The normalized spacial score (nSPS) is 44.7. The Hall–Kier alpha value is -0.640. The molecule has 0 spiro atoms. The first-order chi connectivity index (χ1) is 15.3.